The molecule has 3 rings (SSSR count). The maximum atomic E-state index is 12.0. The number of nitrogens with zero attached hydrogens (tertiary/aromatic N) is 2. The molecule has 0 bridgehead atoms. The molecule has 0 aromatic carbocycles. The van der Waals surface area contributed by atoms with E-state index in [1.165, 1.54) is 30.6 Å². The first-order valence-corrected chi connectivity index (χ1v) is 10.7. The Hall–Kier alpha value is -1.22. The molecule has 2 aliphatic rings. The molecule has 2 N–H and O–H groups in total. The van der Waals surface area contributed by atoms with E-state index in [-0.39, 0.29) is 29.5 Å². The molecule has 1 saturated carbocycles. The van der Waals surface area contributed by atoms with E-state index in [2.05, 4.69) is 20.8 Å². The van der Waals surface area contributed by atoms with E-state index in [4.69, 9.17) is 0 Å². The largest absolute Gasteiger partial charge is 0.335 e. The highest BCUT2D eigenvalue weighted by atomic mass is 32.2. The highest BCUT2D eigenvalue weighted by molar-refractivity contribution is 7.92. The molecule has 2 heterocycles. The Balaban J connectivity index is 1.49. The van der Waals surface area contributed by atoms with Gasteiger partial charge in [-0.15, -0.1) is 10.2 Å². The van der Waals surface area contributed by atoms with Gasteiger partial charge in [-0.1, -0.05) is 30.6 Å². The van der Waals surface area contributed by atoms with Crippen LogP contribution >= 0.6 is 11.3 Å². The van der Waals surface area contributed by atoms with Crippen LogP contribution in [0, 0.1) is 5.92 Å². The first-order valence-electron chi connectivity index (χ1n) is 8.04. The van der Waals surface area contributed by atoms with Crippen LogP contribution in [0.3, 0.4) is 0 Å². The second-order valence-electron chi connectivity index (χ2n) is 6.50. The van der Waals surface area contributed by atoms with Gasteiger partial charge in [-0.3, -0.25) is 5.32 Å². The molecule has 2 amide bonds. The lowest BCUT2D eigenvalue weighted by Crippen LogP contribution is -2.50. The molecule has 7 nitrogen and oxygen atoms in total. The van der Waals surface area contributed by atoms with Crippen molar-refractivity contribution in [3.05, 3.63) is 5.01 Å². The van der Waals surface area contributed by atoms with E-state index < -0.39 is 9.84 Å². The van der Waals surface area contributed by atoms with Gasteiger partial charge in [-0.2, -0.15) is 0 Å². The number of aromatic nitrogens is 2. The van der Waals surface area contributed by atoms with Crippen molar-refractivity contribution < 1.29 is 13.2 Å². The summed E-state index contributed by atoms with van der Waals surface area (Å²) in [5.74, 6) is 0.773. The summed E-state index contributed by atoms with van der Waals surface area (Å²) in [5, 5.41) is 15.2. The summed E-state index contributed by atoms with van der Waals surface area (Å²) in [6.45, 7) is 1.83. The fourth-order valence-electron chi connectivity index (χ4n) is 3.15. The number of carbonyl (C=O) groups is 1. The molecule has 1 saturated heterocycles. The first-order chi connectivity index (χ1) is 10.9. The van der Waals surface area contributed by atoms with E-state index >= 15 is 0 Å². The van der Waals surface area contributed by atoms with Gasteiger partial charge in [-0.25, -0.2) is 13.2 Å². The minimum Gasteiger partial charge on any atom is -0.335 e. The highest BCUT2D eigenvalue weighted by Gasteiger charge is 2.37. The van der Waals surface area contributed by atoms with Gasteiger partial charge < -0.3 is 5.32 Å². The maximum Gasteiger partial charge on any atom is 0.321 e. The number of anilines is 1. The molecular formula is C14H22N4O3S2. The van der Waals surface area contributed by atoms with Crippen molar-refractivity contribution >= 4 is 32.3 Å². The highest BCUT2D eigenvalue weighted by Crippen LogP contribution is 2.35. The molecule has 2 fully saturated rings. The fraction of sp³-hybridized carbons (Fsp3) is 0.786. The van der Waals surface area contributed by atoms with Crippen LogP contribution in [0.25, 0.3) is 0 Å². The lowest BCUT2D eigenvalue weighted by molar-refractivity contribution is 0.245. The first kappa shape index (κ1) is 16.6. The zero-order chi connectivity index (χ0) is 16.4. The third-order valence-electron chi connectivity index (χ3n) is 4.62. The third kappa shape index (κ3) is 4.20. The zero-order valence-corrected chi connectivity index (χ0v) is 14.8. The van der Waals surface area contributed by atoms with Crippen LogP contribution < -0.4 is 10.6 Å². The van der Waals surface area contributed by atoms with Gasteiger partial charge in [0.25, 0.3) is 0 Å². The Bertz CT molecular complexity index is 655. The summed E-state index contributed by atoms with van der Waals surface area (Å²) < 4.78 is 22.4. The normalized spacial score (nSPS) is 23.0. The number of urea groups is 1. The minimum atomic E-state index is -2.87. The molecule has 0 radical (unpaired) electrons. The summed E-state index contributed by atoms with van der Waals surface area (Å²) in [6, 6.07) is -0.530. The molecule has 1 aromatic rings. The Morgan fingerprint density at radius 3 is 2.57 bits per heavy atom. The van der Waals surface area contributed by atoms with Gasteiger partial charge in [-0.05, 0) is 19.8 Å². The number of sulfone groups is 1. The monoisotopic (exact) mass is 358 g/mol. The number of carbonyl (C=O) groups excluding carboxylic acids is 1. The third-order valence-corrected chi connectivity index (χ3v) is 7.49. The molecule has 1 atom stereocenters. The van der Waals surface area contributed by atoms with Crippen molar-refractivity contribution in [2.75, 3.05) is 16.8 Å². The number of rotatable bonds is 4. The van der Waals surface area contributed by atoms with Gasteiger partial charge >= 0.3 is 6.03 Å². The van der Waals surface area contributed by atoms with Crippen molar-refractivity contribution in [2.24, 2.45) is 5.92 Å². The van der Waals surface area contributed by atoms with Crippen LogP contribution in [0.2, 0.25) is 0 Å². The zero-order valence-electron chi connectivity index (χ0n) is 13.1. The molecule has 0 spiro atoms. The Morgan fingerprint density at radius 2 is 1.91 bits per heavy atom. The summed E-state index contributed by atoms with van der Waals surface area (Å²) in [4.78, 5) is 12.0. The molecule has 1 aliphatic heterocycles. The van der Waals surface area contributed by atoms with Gasteiger partial charge in [0, 0.05) is 17.9 Å². The van der Waals surface area contributed by atoms with E-state index in [1.807, 2.05) is 6.92 Å². The molecule has 1 aromatic heterocycles. The second-order valence-corrected chi connectivity index (χ2v) is 9.67. The quantitative estimate of drug-likeness (QED) is 0.859. The summed E-state index contributed by atoms with van der Waals surface area (Å²) >= 11 is 1.43. The molecule has 128 valence electrons. The van der Waals surface area contributed by atoms with Crippen LogP contribution in [0.5, 0.6) is 0 Å². The molecule has 1 aliphatic carbocycles. The fourth-order valence-corrected chi connectivity index (χ4v) is 5.84. The predicted octanol–water partition coefficient (Wildman–Crippen LogP) is 2.14. The molecule has 1 unspecified atom stereocenters. The van der Waals surface area contributed by atoms with Crippen molar-refractivity contribution in [1.29, 1.82) is 0 Å². The lowest BCUT2D eigenvalue weighted by atomic mass is 9.90. The summed E-state index contributed by atoms with van der Waals surface area (Å²) in [7, 11) is -2.87. The van der Waals surface area contributed by atoms with E-state index in [1.54, 1.807) is 0 Å². The topological polar surface area (TPSA) is 101 Å². The molecular weight excluding hydrogens is 336 g/mol. The smallest absolute Gasteiger partial charge is 0.321 e. The van der Waals surface area contributed by atoms with Crippen LogP contribution in [-0.4, -0.2) is 42.2 Å². The van der Waals surface area contributed by atoms with E-state index in [0.29, 0.717) is 11.0 Å². The van der Waals surface area contributed by atoms with Crippen LogP contribution in [0.4, 0.5) is 9.93 Å². The average molecular weight is 358 g/mol. The number of hydrogen-bond donors (Lipinski definition) is 2. The average Bonchev–Trinajstić information content (AvgIpc) is 2.93. The van der Waals surface area contributed by atoms with Gasteiger partial charge in [0.1, 0.15) is 5.01 Å². The summed E-state index contributed by atoms with van der Waals surface area (Å²) in [5.41, 5.74) is 0. The van der Waals surface area contributed by atoms with Crippen LogP contribution in [0.1, 0.15) is 50.0 Å². The predicted molar refractivity (Wildman–Crippen MR) is 89.5 cm³/mol. The van der Waals surface area contributed by atoms with Gasteiger partial charge in [0.05, 0.1) is 11.5 Å². The van der Waals surface area contributed by atoms with Crippen molar-refractivity contribution in [2.45, 2.75) is 51.0 Å². The Labute approximate surface area is 140 Å². The maximum absolute atomic E-state index is 12.0. The minimum absolute atomic E-state index is 0.00188. The van der Waals surface area contributed by atoms with Crippen molar-refractivity contribution in [3.63, 3.8) is 0 Å². The lowest BCUT2D eigenvalue weighted by Gasteiger charge is -2.31. The van der Waals surface area contributed by atoms with E-state index in [9.17, 15) is 13.2 Å². The number of hydrogen-bond acceptors (Lipinski definition) is 6. The molecule has 9 heteroatoms. The second kappa shape index (κ2) is 6.72. The number of amides is 2. The van der Waals surface area contributed by atoms with Crippen molar-refractivity contribution in [1.82, 2.24) is 15.5 Å². The Kier molecular flexibility index (Phi) is 4.86. The molecule has 23 heavy (non-hydrogen) atoms. The van der Waals surface area contributed by atoms with Gasteiger partial charge in [0.2, 0.25) is 5.13 Å². The number of nitrogens with one attached hydrogen (secondary N) is 2. The van der Waals surface area contributed by atoms with Crippen LogP contribution in [-0.2, 0) is 9.84 Å². The standard InChI is InChI=1S/C14H22N4O3S2/c1-9(11-7-23(20,21)8-11)15-13(19)16-14-18-17-12(22-14)10-5-3-2-4-6-10/h9-11H,2-8H2,1H3,(H2,15,16,18,19). The van der Waals surface area contributed by atoms with E-state index in [0.717, 1.165) is 17.8 Å². The summed E-state index contributed by atoms with van der Waals surface area (Å²) in [6.07, 6.45) is 6.05. The Morgan fingerprint density at radius 1 is 1.22 bits per heavy atom. The van der Waals surface area contributed by atoms with Gasteiger partial charge in [0.15, 0.2) is 9.84 Å². The van der Waals surface area contributed by atoms with Crippen molar-refractivity contribution in [3.8, 4) is 0 Å². The van der Waals surface area contributed by atoms with Crippen LogP contribution in [0.15, 0.2) is 0 Å². The SMILES string of the molecule is CC(NC(=O)Nc1nnc(C2CCCCC2)s1)C1CS(=O)(=O)C1.